The van der Waals surface area contributed by atoms with Crippen LogP contribution in [0.4, 0.5) is 16.0 Å². The Balaban J connectivity index is 1.13. The number of nitrogens with one attached hydrogen (secondary N) is 2. The number of hydrogen-bond acceptors (Lipinski definition) is 8. The fourth-order valence-electron chi connectivity index (χ4n) is 6.50. The lowest BCUT2D eigenvalue weighted by molar-refractivity contribution is -0.124. The number of amides is 3. The smallest absolute Gasteiger partial charge is 0.270 e. The number of hydrogen-bond donors (Lipinski definition) is 3. The van der Waals surface area contributed by atoms with E-state index in [0.29, 0.717) is 35.4 Å². The van der Waals surface area contributed by atoms with Gasteiger partial charge in [-0.25, -0.2) is 14.3 Å². The first-order valence-electron chi connectivity index (χ1n) is 16.6. The highest BCUT2D eigenvalue weighted by Crippen LogP contribution is 2.45. The summed E-state index contributed by atoms with van der Waals surface area (Å²) in [6.07, 6.45) is 2.66. The summed E-state index contributed by atoms with van der Waals surface area (Å²) in [6, 6.07) is 21.2. The minimum atomic E-state index is -1.44. The van der Waals surface area contributed by atoms with E-state index in [-0.39, 0.29) is 40.4 Å². The summed E-state index contributed by atoms with van der Waals surface area (Å²) in [5.41, 5.74) is 1.96. The summed E-state index contributed by atoms with van der Waals surface area (Å²) >= 11 is 12.2. The quantitative estimate of drug-likeness (QED) is 0.153. The second kappa shape index (κ2) is 13.7. The van der Waals surface area contributed by atoms with Gasteiger partial charge >= 0.3 is 0 Å². The third kappa shape index (κ3) is 6.50. The van der Waals surface area contributed by atoms with Crippen molar-refractivity contribution < 1.29 is 23.9 Å². The van der Waals surface area contributed by atoms with Gasteiger partial charge in [0.05, 0.1) is 57.1 Å². The lowest BCUT2D eigenvalue weighted by Gasteiger charge is -2.27. The number of aliphatic hydroxyl groups excluding tert-OH is 1. The lowest BCUT2D eigenvalue weighted by Crippen LogP contribution is -2.49. The molecule has 12 nitrogen and oxygen atoms in total. The van der Waals surface area contributed by atoms with Gasteiger partial charge in [-0.15, -0.1) is 0 Å². The molecular weight excluding hydrogens is 722 g/mol. The molecule has 15 heteroatoms. The highest BCUT2D eigenvalue weighted by Gasteiger charge is 2.52. The van der Waals surface area contributed by atoms with Crippen LogP contribution in [-0.2, 0) is 33.7 Å². The van der Waals surface area contributed by atoms with E-state index >= 15 is 0 Å². The fourth-order valence-corrected chi connectivity index (χ4v) is 6.98. The number of carbonyl (C=O) groups is 3. The number of aromatic nitrogens is 4. The Morgan fingerprint density at radius 2 is 1.68 bits per heavy atom. The standard InChI is InChI=1S/C38H31Cl2FN8O4/c1-21(33(51)45-38(13-14-38)31-12-11-29(46-47-31)25-9-7-24(20-50)8-10-25)44-34(52)30-19-43-36-48(26-15-27(39)32(41)28(40)16-26)35(53)37(2,49(30)36)17-22-3-5-23(18-42)6-4-22/h3-12,15-16,19,21,50H,13-14,17,20H2,1-2H3,(H,44,52)(H,45,51)/t21-,37+/m0/s1. The molecule has 2 atom stereocenters. The van der Waals surface area contributed by atoms with Crippen LogP contribution in [0.5, 0.6) is 0 Å². The van der Waals surface area contributed by atoms with Crippen molar-refractivity contribution >= 4 is 52.6 Å². The van der Waals surface area contributed by atoms with Gasteiger partial charge in [0.15, 0.2) is 5.82 Å². The maximum absolute atomic E-state index is 14.4. The van der Waals surface area contributed by atoms with Crippen molar-refractivity contribution in [1.29, 1.82) is 5.26 Å². The van der Waals surface area contributed by atoms with E-state index in [0.717, 1.165) is 11.1 Å². The number of benzene rings is 3. The van der Waals surface area contributed by atoms with Crippen LogP contribution in [0.1, 0.15) is 59.6 Å². The molecule has 7 rings (SSSR count). The van der Waals surface area contributed by atoms with Gasteiger partial charge in [-0.3, -0.25) is 19.0 Å². The van der Waals surface area contributed by atoms with Crippen LogP contribution in [0.3, 0.4) is 0 Å². The fraction of sp³-hybridized carbons (Fsp3) is 0.237. The van der Waals surface area contributed by atoms with E-state index in [9.17, 15) is 29.1 Å². The third-order valence-electron chi connectivity index (χ3n) is 9.63. The van der Waals surface area contributed by atoms with E-state index in [2.05, 4.69) is 31.9 Å². The summed E-state index contributed by atoms with van der Waals surface area (Å²) in [7, 11) is 0. The molecule has 0 radical (unpaired) electrons. The van der Waals surface area contributed by atoms with Crippen molar-refractivity contribution in [3.63, 3.8) is 0 Å². The molecule has 1 saturated carbocycles. The van der Waals surface area contributed by atoms with Crippen molar-refractivity contribution in [3.05, 3.63) is 123 Å². The minimum Gasteiger partial charge on any atom is -0.392 e. The van der Waals surface area contributed by atoms with Gasteiger partial charge in [0, 0.05) is 12.0 Å². The Morgan fingerprint density at radius 3 is 2.26 bits per heavy atom. The number of aliphatic hydroxyl groups is 1. The van der Waals surface area contributed by atoms with Crippen LogP contribution in [0, 0.1) is 17.1 Å². The molecule has 2 aliphatic rings. The zero-order valence-corrected chi connectivity index (χ0v) is 29.9. The topological polar surface area (TPSA) is 166 Å². The van der Waals surface area contributed by atoms with Crippen molar-refractivity contribution in [2.75, 3.05) is 4.90 Å². The molecule has 268 valence electrons. The number of rotatable bonds is 10. The molecule has 0 saturated heterocycles. The molecule has 53 heavy (non-hydrogen) atoms. The average molecular weight is 754 g/mol. The summed E-state index contributed by atoms with van der Waals surface area (Å²) in [5, 5.41) is 32.5. The van der Waals surface area contributed by atoms with E-state index in [1.807, 2.05) is 36.4 Å². The monoisotopic (exact) mass is 752 g/mol. The number of carbonyl (C=O) groups excluding carboxylic acids is 3. The second-order valence-electron chi connectivity index (χ2n) is 13.3. The van der Waals surface area contributed by atoms with Crippen LogP contribution in [0.15, 0.2) is 79.0 Å². The van der Waals surface area contributed by atoms with Crippen molar-refractivity contribution in [2.45, 2.75) is 56.8 Å². The first kappa shape index (κ1) is 35.7. The third-order valence-corrected chi connectivity index (χ3v) is 10.2. The Hall–Kier alpha value is -5.68. The van der Waals surface area contributed by atoms with Crippen LogP contribution in [-0.4, -0.2) is 48.6 Å². The maximum Gasteiger partial charge on any atom is 0.270 e. The van der Waals surface area contributed by atoms with Crippen LogP contribution in [0.25, 0.3) is 11.3 Å². The van der Waals surface area contributed by atoms with Gasteiger partial charge in [0.2, 0.25) is 11.9 Å². The lowest BCUT2D eigenvalue weighted by atomic mass is 9.91. The van der Waals surface area contributed by atoms with Crippen molar-refractivity contribution in [2.24, 2.45) is 0 Å². The molecular formula is C38H31Cl2FN8O4. The number of anilines is 2. The summed E-state index contributed by atoms with van der Waals surface area (Å²) in [6.45, 7) is 3.13. The number of fused-ring (bicyclic) bond motifs is 1. The predicted octanol–water partition coefficient (Wildman–Crippen LogP) is 5.71. The number of nitriles is 1. The maximum atomic E-state index is 14.4. The highest BCUT2D eigenvalue weighted by atomic mass is 35.5. The Morgan fingerprint density at radius 1 is 1.02 bits per heavy atom. The summed E-state index contributed by atoms with van der Waals surface area (Å²) in [5.74, 6) is -2.38. The van der Waals surface area contributed by atoms with E-state index in [4.69, 9.17) is 23.2 Å². The largest absolute Gasteiger partial charge is 0.392 e. The number of halogens is 3. The van der Waals surface area contributed by atoms with Crippen molar-refractivity contribution in [3.8, 4) is 17.3 Å². The summed E-state index contributed by atoms with van der Waals surface area (Å²) in [4.78, 5) is 47.4. The van der Waals surface area contributed by atoms with Crippen molar-refractivity contribution in [1.82, 2.24) is 30.4 Å². The number of nitrogens with zero attached hydrogens (tertiary/aromatic N) is 6. The Bertz CT molecular complexity index is 2280. The van der Waals surface area contributed by atoms with Gasteiger partial charge in [0.1, 0.15) is 17.3 Å². The first-order chi connectivity index (χ1) is 25.4. The zero-order valence-electron chi connectivity index (χ0n) is 28.4. The minimum absolute atomic E-state index is 0.000521. The van der Waals surface area contributed by atoms with Gasteiger partial charge in [0.25, 0.3) is 11.8 Å². The van der Waals surface area contributed by atoms with Gasteiger partial charge in [-0.1, -0.05) is 59.6 Å². The zero-order chi connectivity index (χ0) is 37.7. The molecule has 3 amide bonds. The van der Waals surface area contributed by atoms with E-state index in [1.165, 1.54) is 27.8 Å². The average Bonchev–Trinajstić information content (AvgIpc) is 3.75. The molecule has 2 aromatic heterocycles. The molecule has 3 heterocycles. The van der Waals surface area contributed by atoms with Crippen LogP contribution < -0.4 is 15.5 Å². The van der Waals surface area contributed by atoms with Crippen LogP contribution >= 0.6 is 23.2 Å². The van der Waals surface area contributed by atoms with Gasteiger partial charge in [-0.2, -0.15) is 15.5 Å². The van der Waals surface area contributed by atoms with Gasteiger partial charge in [-0.05, 0) is 74.2 Å². The Kier molecular flexibility index (Phi) is 9.23. The highest BCUT2D eigenvalue weighted by molar-refractivity contribution is 6.35. The molecule has 1 aliphatic heterocycles. The molecule has 5 aromatic rings. The molecule has 1 aliphatic carbocycles. The number of imidazole rings is 1. The van der Waals surface area contributed by atoms with E-state index < -0.39 is 40.7 Å². The van der Waals surface area contributed by atoms with Gasteiger partial charge < -0.3 is 15.7 Å². The molecule has 1 fully saturated rings. The molecule has 3 N–H and O–H groups in total. The molecule has 0 unspecified atom stereocenters. The second-order valence-corrected chi connectivity index (χ2v) is 14.1. The molecule has 3 aromatic carbocycles. The van der Waals surface area contributed by atoms with E-state index in [1.54, 1.807) is 38.1 Å². The normalized spacial score (nSPS) is 17.5. The Labute approximate surface area is 313 Å². The predicted molar refractivity (Wildman–Crippen MR) is 194 cm³/mol. The van der Waals surface area contributed by atoms with Crippen LogP contribution in [0.2, 0.25) is 10.0 Å². The first-order valence-corrected chi connectivity index (χ1v) is 17.4. The SMILES string of the molecule is C[C@H](NC(=O)c1cnc2n1[C@](C)(Cc1ccc(C#N)cc1)C(=O)N2c1cc(Cl)c(F)c(Cl)c1)C(=O)NC1(c2ccc(-c3ccc(CO)cc3)nn2)CC1. The molecule has 0 spiro atoms. The summed E-state index contributed by atoms with van der Waals surface area (Å²) < 4.78 is 15.9. The molecule has 0 bridgehead atoms.